The van der Waals surface area contributed by atoms with Crippen molar-refractivity contribution in [2.75, 3.05) is 0 Å². The summed E-state index contributed by atoms with van der Waals surface area (Å²) in [5, 5.41) is 34.4. The van der Waals surface area contributed by atoms with Crippen molar-refractivity contribution in [1.29, 1.82) is 0 Å². The fourth-order valence-electron chi connectivity index (χ4n) is 0.755. The Morgan fingerprint density at radius 1 is 1.50 bits per heavy atom. The normalized spacial score (nSPS) is 13.4. The molecule has 0 aromatic rings. The smallest absolute Gasteiger partial charge is 0.332 e. The van der Waals surface area contributed by atoms with E-state index < -0.39 is 18.2 Å². The van der Waals surface area contributed by atoms with Gasteiger partial charge in [0, 0.05) is 18.9 Å². The average molecular weight is 206 g/mol. The number of rotatable bonds is 6. The number of carbonyl (C=O) groups is 1. The number of aliphatic hydroxyl groups excluding tert-OH is 1. The fraction of sp³-hybridized carbons (Fsp3) is 0.625. The zero-order chi connectivity index (χ0) is 11.2. The molecule has 0 fully saturated rings. The first-order valence-electron chi connectivity index (χ1n) is 4.03. The van der Waals surface area contributed by atoms with E-state index >= 15 is 0 Å². The second-order valence-corrected chi connectivity index (χ2v) is 2.76. The van der Waals surface area contributed by atoms with Gasteiger partial charge < -0.3 is 25.2 Å². The van der Waals surface area contributed by atoms with Gasteiger partial charge in [-0.15, -0.1) is 0 Å². The molecule has 82 valence electrons. The minimum atomic E-state index is -2.75. The second-order valence-electron chi connectivity index (χ2n) is 2.76. The van der Waals surface area contributed by atoms with Crippen LogP contribution in [0.1, 0.15) is 19.3 Å². The average Bonchev–Trinajstić information content (AvgIpc) is 2.01. The van der Waals surface area contributed by atoms with Crippen LogP contribution in [-0.4, -0.2) is 38.7 Å². The Bertz CT molecular complexity index is 194. The molecule has 0 bridgehead atoms. The SMILES string of the molecule is C=CC(=O)OC(O)CCCC(O)(O)O. The van der Waals surface area contributed by atoms with Crippen molar-refractivity contribution in [1.82, 2.24) is 0 Å². The van der Waals surface area contributed by atoms with Crippen molar-refractivity contribution in [2.45, 2.75) is 31.5 Å². The van der Waals surface area contributed by atoms with Gasteiger partial charge in [0.25, 0.3) is 5.97 Å². The molecule has 1 unspecified atom stereocenters. The lowest BCUT2D eigenvalue weighted by atomic mass is 10.2. The maximum atomic E-state index is 10.5. The van der Waals surface area contributed by atoms with Gasteiger partial charge in [0.2, 0.25) is 6.29 Å². The summed E-state index contributed by atoms with van der Waals surface area (Å²) < 4.78 is 4.37. The topological polar surface area (TPSA) is 107 Å². The molecule has 0 radical (unpaired) electrons. The largest absolute Gasteiger partial charge is 0.433 e. The molecule has 0 rings (SSSR count). The fourth-order valence-corrected chi connectivity index (χ4v) is 0.755. The Morgan fingerprint density at radius 2 is 2.07 bits per heavy atom. The minimum absolute atomic E-state index is 0.00299. The zero-order valence-corrected chi connectivity index (χ0v) is 7.59. The maximum Gasteiger partial charge on any atom is 0.332 e. The van der Waals surface area contributed by atoms with Crippen LogP contribution >= 0.6 is 0 Å². The lowest BCUT2D eigenvalue weighted by molar-refractivity contribution is -0.315. The van der Waals surface area contributed by atoms with Gasteiger partial charge in [0.15, 0.2) is 0 Å². The Morgan fingerprint density at radius 3 is 2.50 bits per heavy atom. The molecule has 14 heavy (non-hydrogen) atoms. The summed E-state index contributed by atoms with van der Waals surface area (Å²) in [5.41, 5.74) is 0. The van der Waals surface area contributed by atoms with Crippen molar-refractivity contribution < 1.29 is 30.0 Å². The van der Waals surface area contributed by atoms with Crippen molar-refractivity contribution in [3.63, 3.8) is 0 Å². The van der Waals surface area contributed by atoms with E-state index in [-0.39, 0.29) is 19.3 Å². The van der Waals surface area contributed by atoms with E-state index in [2.05, 4.69) is 11.3 Å². The minimum Gasteiger partial charge on any atom is -0.433 e. The highest BCUT2D eigenvalue weighted by molar-refractivity contribution is 5.81. The Kier molecular flexibility index (Phi) is 5.32. The van der Waals surface area contributed by atoms with Gasteiger partial charge >= 0.3 is 5.97 Å². The molecule has 0 spiro atoms. The Labute approximate surface area is 81.1 Å². The molecule has 0 heterocycles. The summed E-state index contributed by atoms with van der Waals surface area (Å²) in [4.78, 5) is 10.5. The quantitative estimate of drug-likeness (QED) is 0.248. The molecule has 4 N–H and O–H groups in total. The van der Waals surface area contributed by atoms with Crippen LogP contribution < -0.4 is 0 Å². The highest BCUT2D eigenvalue weighted by Crippen LogP contribution is 2.09. The molecule has 6 heteroatoms. The molecule has 0 aliphatic heterocycles. The van der Waals surface area contributed by atoms with Crippen LogP contribution in [-0.2, 0) is 9.53 Å². The second kappa shape index (κ2) is 5.71. The number of aliphatic hydroxyl groups is 4. The van der Waals surface area contributed by atoms with Gasteiger partial charge in [-0.05, 0) is 6.42 Å². The van der Waals surface area contributed by atoms with Crippen LogP contribution in [0.15, 0.2) is 12.7 Å². The number of hydrogen-bond acceptors (Lipinski definition) is 6. The van der Waals surface area contributed by atoms with Crippen LogP contribution in [0, 0.1) is 0 Å². The van der Waals surface area contributed by atoms with E-state index in [9.17, 15) is 4.79 Å². The van der Waals surface area contributed by atoms with Gasteiger partial charge in [-0.1, -0.05) is 6.58 Å². The third-order valence-corrected chi connectivity index (χ3v) is 1.38. The molecule has 0 saturated heterocycles. The lowest BCUT2D eigenvalue weighted by Gasteiger charge is -2.15. The van der Waals surface area contributed by atoms with Crippen LogP contribution in [0.3, 0.4) is 0 Å². The van der Waals surface area contributed by atoms with E-state index in [0.717, 1.165) is 6.08 Å². The summed E-state index contributed by atoms with van der Waals surface area (Å²) >= 11 is 0. The third-order valence-electron chi connectivity index (χ3n) is 1.38. The number of esters is 1. The highest BCUT2D eigenvalue weighted by atomic mass is 16.7. The monoisotopic (exact) mass is 206 g/mol. The molecule has 0 amide bonds. The predicted molar refractivity (Wildman–Crippen MR) is 45.5 cm³/mol. The van der Waals surface area contributed by atoms with Gasteiger partial charge in [0.05, 0.1) is 0 Å². The molecular formula is C8H14O6. The van der Waals surface area contributed by atoms with Crippen molar-refractivity contribution in [3.8, 4) is 0 Å². The summed E-state index contributed by atoms with van der Waals surface area (Å²) in [7, 11) is 0. The van der Waals surface area contributed by atoms with Crippen LogP contribution in [0.4, 0.5) is 0 Å². The Balaban J connectivity index is 3.59. The molecule has 0 aromatic heterocycles. The summed E-state index contributed by atoms with van der Waals surface area (Å²) in [6, 6.07) is 0. The maximum absolute atomic E-state index is 10.5. The number of hydrogen-bond donors (Lipinski definition) is 4. The molecular weight excluding hydrogens is 192 g/mol. The summed E-state index contributed by atoms with van der Waals surface area (Å²) in [6.07, 6.45) is -0.673. The van der Waals surface area contributed by atoms with E-state index in [0.29, 0.717) is 0 Å². The molecule has 6 nitrogen and oxygen atoms in total. The number of carbonyl (C=O) groups excluding carboxylic acids is 1. The van der Waals surface area contributed by atoms with Gasteiger partial charge in [-0.2, -0.15) is 0 Å². The van der Waals surface area contributed by atoms with Gasteiger partial charge in [0.1, 0.15) is 0 Å². The molecule has 0 aromatic carbocycles. The van der Waals surface area contributed by atoms with E-state index in [1.807, 2.05) is 0 Å². The van der Waals surface area contributed by atoms with Crippen LogP contribution in [0.5, 0.6) is 0 Å². The molecule has 0 saturated carbocycles. The van der Waals surface area contributed by atoms with Crippen molar-refractivity contribution in [3.05, 3.63) is 12.7 Å². The first kappa shape index (κ1) is 13.1. The van der Waals surface area contributed by atoms with Gasteiger partial charge in [-0.3, -0.25) is 0 Å². The van der Waals surface area contributed by atoms with E-state index in [1.165, 1.54) is 0 Å². The first-order valence-corrected chi connectivity index (χ1v) is 4.03. The van der Waals surface area contributed by atoms with Gasteiger partial charge in [-0.25, -0.2) is 4.79 Å². The third kappa shape index (κ3) is 7.69. The van der Waals surface area contributed by atoms with Crippen LogP contribution in [0.25, 0.3) is 0 Å². The van der Waals surface area contributed by atoms with Crippen molar-refractivity contribution >= 4 is 5.97 Å². The van der Waals surface area contributed by atoms with Crippen molar-refractivity contribution in [2.24, 2.45) is 0 Å². The lowest BCUT2D eigenvalue weighted by Crippen LogP contribution is -2.27. The summed E-state index contributed by atoms with van der Waals surface area (Å²) in [6.45, 7) is 3.13. The van der Waals surface area contributed by atoms with E-state index in [4.69, 9.17) is 20.4 Å². The standard InChI is InChI=1S/C8H14O6/c1-2-6(9)14-7(10)4-3-5-8(11,12)13/h2,7,10-13H,1,3-5H2. The molecule has 1 atom stereocenters. The molecule has 0 aliphatic carbocycles. The first-order chi connectivity index (χ1) is 6.35. The Hall–Kier alpha value is -0.950. The van der Waals surface area contributed by atoms with E-state index in [1.54, 1.807) is 0 Å². The zero-order valence-electron chi connectivity index (χ0n) is 7.59. The van der Waals surface area contributed by atoms with Crippen LogP contribution in [0.2, 0.25) is 0 Å². The predicted octanol–water partition coefficient (Wildman–Crippen LogP) is -1.17. The summed E-state index contributed by atoms with van der Waals surface area (Å²) in [5.74, 6) is -3.51. The number of ether oxygens (including phenoxy) is 1. The highest BCUT2D eigenvalue weighted by Gasteiger charge is 2.18. The molecule has 0 aliphatic rings.